The number of aromatic nitrogens is 2. The van der Waals surface area contributed by atoms with Gasteiger partial charge in [-0.2, -0.15) is 0 Å². The Bertz CT molecular complexity index is 643. The van der Waals surface area contributed by atoms with Crippen LogP contribution in [-0.4, -0.2) is 16.4 Å². The third-order valence-corrected chi connectivity index (χ3v) is 3.73. The van der Waals surface area contributed by atoms with Gasteiger partial charge in [0.15, 0.2) is 5.82 Å². The highest BCUT2D eigenvalue weighted by Crippen LogP contribution is 2.32. The first-order chi connectivity index (χ1) is 9.28. The van der Waals surface area contributed by atoms with Gasteiger partial charge in [-0.3, -0.25) is 9.78 Å². The van der Waals surface area contributed by atoms with Gasteiger partial charge in [0.25, 0.3) is 0 Å². The number of rotatable bonds is 2. The fourth-order valence-electron chi connectivity index (χ4n) is 2.39. The molecule has 5 heteroatoms. The second kappa shape index (κ2) is 5.09. The molecule has 96 valence electrons. The molecule has 0 fully saturated rings. The summed E-state index contributed by atoms with van der Waals surface area (Å²) in [6, 6.07) is 6.27. The quantitative estimate of drug-likeness (QED) is 0.866. The minimum atomic E-state index is 0.507. The van der Waals surface area contributed by atoms with E-state index in [2.05, 4.69) is 49.4 Å². The zero-order chi connectivity index (χ0) is 13.2. The largest absolute Gasteiger partial charge is 0.312 e. The van der Waals surface area contributed by atoms with Gasteiger partial charge in [-0.15, -0.1) is 0 Å². The lowest BCUT2D eigenvalue weighted by Gasteiger charge is -2.09. The van der Waals surface area contributed by atoms with Gasteiger partial charge >= 0.3 is 0 Å². The number of aryl methyl sites for hydroxylation is 2. The van der Waals surface area contributed by atoms with Gasteiger partial charge in [0, 0.05) is 10.0 Å². The minimum absolute atomic E-state index is 0.507. The smallest absolute Gasteiger partial charge is 0.212 e. The third kappa shape index (κ3) is 2.38. The highest BCUT2D eigenvalue weighted by molar-refractivity contribution is 9.10. The van der Waals surface area contributed by atoms with Gasteiger partial charge < -0.3 is 5.32 Å². The van der Waals surface area contributed by atoms with Gasteiger partial charge in [-0.1, -0.05) is 22.0 Å². The summed E-state index contributed by atoms with van der Waals surface area (Å²) >= 11 is 3.50. The van der Waals surface area contributed by atoms with E-state index in [1.54, 1.807) is 6.20 Å². The van der Waals surface area contributed by atoms with Crippen LogP contribution in [0.15, 0.2) is 28.9 Å². The third-order valence-electron chi connectivity index (χ3n) is 3.24. The van der Waals surface area contributed by atoms with E-state index in [0.29, 0.717) is 12.2 Å². The fraction of sp³-hybridized carbons (Fsp3) is 0.214. The lowest BCUT2D eigenvalue weighted by Crippen LogP contribution is -2.03. The zero-order valence-corrected chi connectivity index (χ0v) is 11.8. The maximum Gasteiger partial charge on any atom is 0.212 e. The molecule has 1 aromatic heterocycles. The standard InChI is InChI=1S/C14H12BrN3O/c15-10-5-4-9-2-1-3-12-14(11(9)6-10)16-7-13(18-12)17-8-19/h4-8H,1-3H2,(H,17,18,19). The average Bonchev–Trinajstić information content (AvgIpc) is 2.58. The van der Waals surface area contributed by atoms with Gasteiger partial charge in [-0.25, -0.2) is 4.98 Å². The molecule has 0 radical (unpaired) electrons. The van der Waals surface area contributed by atoms with Crippen LogP contribution in [0.5, 0.6) is 0 Å². The lowest BCUT2D eigenvalue weighted by molar-refractivity contribution is -0.105. The summed E-state index contributed by atoms with van der Waals surface area (Å²) < 4.78 is 1.04. The summed E-state index contributed by atoms with van der Waals surface area (Å²) in [4.78, 5) is 19.4. The molecular formula is C14H12BrN3O. The van der Waals surface area contributed by atoms with Crippen molar-refractivity contribution in [1.29, 1.82) is 0 Å². The molecule has 4 nitrogen and oxygen atoms in total. The maximum absolute atomic E-state index is 10.5. The Hall–Kier alpha value is -1.75. The number of hydrogen-bond acceptors (Lipinski definition) is 3. The molecule has 19 heavy (non-hydrogen) atoms. The molecule has 0 unspecified atom stereocenters. The van der Waals surface area contributed by atoms with E-state index < -0.39 is 0 Å². The SMILES string of the molecule is O=CNc1cnc2c(n1)CCCc1ccc(Br)cc1-2. The molecule has 1 aliphatic rings. The summed E-state index contributed by atoms with van der Waals surface area (Å²) in [5.74, 6) is 0.507. The first kappa shape index (κ1) is 12.3. The number of nitrogens with zero attached hydrogens (tertiary/aromatic N) is 2. The number of fused-ring (bicyclic) bond motifs is 3. The number of halogens is 1. The van der Waals surface area contributed by atoms with E-state index in [0.717, 1.165) is 40.7 Å². The summed E-state index contributed by atoms with van der Waals surface area (Å²) in [5.41, 5.74) is 4.30. The molecule has 0 saturated heterocycles. The number of anilines is 1. The minimum Gasteiger partial charge on any atom is -0.312 e. The first-order valence-corrected chi connectivity index (χ1v) is 6.92. The van der Waals surface area contributed by atoms with Gasteiger partial charge in [0.2, 0.25) is 6.41 Å². The first-order valence-electron chi connectivity index (χ1n) is 6.13. The summed E-state index contributed by atoms with van der Waals surface area (Å²) in [7, 11) is 0. The summed E-state index contributed by atoms with van der Waals surface area (Å²) in [5, 5.41) is 2.55. The molecule has 1 heterocycles. The fourth-order valence-corrected chi connectivity index (χ4v) is 2.75. The van der Waals surface area contributed by atoms with Crippen LogP contribution in [0, 0.1) is 0 Å². The normalized spacial score (nSPS) is 13.1. The van der Waals surface area contributed by atoms with E-state index in [1.165, 1.54) is 5.56 Å². The van der Waals surface area contributed by atoms with Crippen molar-refractivity contribution in [2.45, 2.75) is 19.3 Å². The molecule has 1 amide bonds. The molecule has 0 aliphatic heterocycles. The zero-order valence-electron chi connectivity index (χ0n) is 10.2. The summed E-state index contributed by atoms with van der Waals surface area (Å²) in [6.07, 6.45) is 5.17. The Morgan fingerprint density at radius 3 is 3.05 bits per heavy atom. The Kier molecular flexibility index (Phi) is 3.29. The molecule has 2 aromatic rings. The number of amides is 1. The second-order valence-corrected chi connectivity index (χ2v) is 5.38. The maximum atomic E-state index is 10.5. The Labute approximate surface area is 119 Å². The molecule has 3 rings (SSSR count). The van der Waals surface area contributed by atoms with Gasteiger partial charge in [0.1, 0.15) is 0 Å². The van der Waals surface area contributed by atoms with E-state index in [9.17, 15) is 4.79 Å². The monoisotopic (exact) mass is 317 g/mol. The van der Waals surface area contributed by atoms with Crippen LogP contribution < -0.4 is 5.32 Å². The number of hydrogen-bond donors (Lipinski definition) is 1. The van der Waals surface area contributed by atoms with Crippen molar-refractivity contribution in [2.75, 3.05) is 5.32 Å². The Morgan fingerprint density at radius 2 is 2.21 bits per heavy atom. The molecule has 1 aliphatic carbocycles. The van der Waals surface area contributed by atoms with Crippen molar-refractivity contribution in [3.05, 3.63) is 40.1 Å². The van der Waals surface area contributed by atoms with Crippen LogP contribution in [0.1, 0.15) is 17.7 Å². The summed E-state index contributed by atoms with van der Waals surface area (Å²) in [6.45, 7) is 0. The Balaban J connectivity index is 2.15. The van der Waals surface area contributed by atoms with Crippen LogP contribution in [0.25, 0.3) is 11.3 Å². The van der Waals surface area contributed by atoms with Crippen molar-refractivity contribution in [3.8, 4) is 11.3 Å². The highest BCUT2D eigenvalue weighted by atomic mass is 79.9. The van der Waals surface area contributed by atoms with Crippen LogP contribution in [0.4, 0.5) is 5.82 Å². The van der Waals surface area contributed by atoms with Crippen molar-refractivity contribution >= 4 is 28.2 Å². The van der Waals surface area contributed by atoms with Crippen LogP contribution >= 0.6 is 15.9 Å². The molecule has 0 spiro atoms. The van der Waals surface area contributed by atoms with Crippen molar-refractivity contribution in [3.63, 3.8) is 0 Å². The number of carbonyl (C=O) groups is 1. The number of benzene rings is 1. The molecule has 0 bridgehead atoms. The van der Waals surface area contributed by atoms with Gasteiger partial charge in [-0.05, 0) is 37.0 Å². The van der Waals surface area contributed by atoms with Crippen molar-refractivity contribution in [2.24, 2.45) is 0 Å². The topological polar surface area (TPSA) is 54.9 Å². The predicted octanol–water partition coefficient (Wildman–Crippen LogP) is 2.96. The Morgan fingerprint density at radius 1 is 1.32 bits per heavy atom. The molecule has 0 atom stereocenters. The van der Waals surface area contributed by atoms with E-state index >= 15 is 0 Å². The van der Waals surface area contributed by atoms with E-state index in [-0.39, 0.29) is 0 Å². The second-order valence-electron chi connectivity index (χ2n) is 4.47. The van der Waals surface area contributed by atoms with Crippen LogP contribution in [0.2, 0.25) is 0 Å². The highest BCUT2D eigenvalue weighted by Gasteiger charge is 2.17. The van der Waals surface area contributed by atoms with E-state index in [4.69, 9.17) is 0 Å². The van der Waals surface area contributed by atoms with Crippen molar-refractivity contribution < 1.29 is 4.79 Å². The van der Waals surface area contributed by atoms with Crippen LogP contribution in [-0.2, 0) is 17.6 Å². The molecular weight excluding hydrogens is 306 g/mol. The molecule has 0 saturated carbocycles. The van der Waals surface area contributed by atoms with Gasteiger partial charge in [0.05, 0.1) is 17.6 Å². The lowest BCUT2D eigenvalue weighted by atomic mass is 10.0. The average molecular weight is 318 g/mol. The number of carbonyl (C=O) groups excluding carboxylic acids is 1. The molecule has 1 N–H and O–H groups in total. The number of nitrogens with one attached hydrogen (secondary N) is 1. The predicted molar refractivity (Wildman–Crippen MR) is 76.9 cm³/mol. The van der Waals surface area contributed by atoms with Crippen molar-refractivity contribution in [1.82, 2.24) is 9.97 Å². The van der Waals surface area contributed by atoms with E-state index in [1.807, 2.05) is 0 Å². The molecule has 1 aromatic carbocycles. The van der Waals surface area contributed by atoms with Crippen LogP contribution in [0.3, 0.4) is 0 Å².